The van der Waals surface area contributed by atoms with Crippen molar-refractivity contribution in [2.75, 3.05) is 7.11 Å². The molecular formula is C14H13F2NO3. The first-order valence-corrected chi connectivity index (χ1v) is 5.88. The van der Waals surface area contributed by atoms with Gasteiger partial charge in [-0.3, -0.25) is 0 Å². The van der Waals surface area contributed by atoms with Crippen molar-refractivity contribution in [2.24, 2.45) is 0 Å². The summed E-state index contributed by atoms with van der Waals surface area (Å²) in [5, 5.41) is 3.71. The van der Waals surface area contributed by atoms with Gasteiger partial charge in [0.15, 0.2) is 5.76 Å². The smallest absolute Gasteiger partial charge is 0.343 e. The Morgan fingerprint density at radius 3 is 2.40 bits per heavy atom. The molecule has 20 heavy (non-hydrogen) atoms. The van der Waals surface area contributed by atoms with E-state index in [2.05, 4.69) is 9.89 Å². The predicted octanol–water partition coefficient (Wildman–Crippen LogP) is 3.55. The van der Waals surface area contributed by atoms with Crippen molar-refractivity contribution >= 4 is 5.97 Å². The largest absolute Gasteiger partial charge is 0.465 e. The number of methoxy groups -OCH3 is 1. The number of rotatable bonds is 3. The Balaban J connectivity index is 2.45. The van der Waals surface area contributed by atoms with E-state index >= 15 is 0 Å². The highest BCUT2D eigenvalue weighted by Crippen LogP contribution is 2.31. The zero-order valence-electron chi connectivity index (χ0n) is 11.2. The van der Waals surface area contributed by atoms with Gasteiger partial charge in [0.25, 0.3) is 5.92 Å². The molecule has 0 spiro atoms. The van der Waals surface area contributed by atoms with Crippen molar-refractivity contribution in [1.29, 1.82) is 0 Å². The Bertz CT molecular complexity index is 627. The fraction of sp³-hybridized carbons (Fsp3) is 0.286. The number of halogens is 2. The minimum Gasteiger partial charge on any atom is -0.465 e. The maximum Gasteiger partial charge on any atom is 0.343 e. The first-order chi connectivity index (χ1) is 9.34. The zero-order chi connectivity index (χ0) is 14.9. The van der Waals surface area contributed by atoms with Gasteiger partial charge in [-0.1, -0.05) is 29.4 Å². The van der Waals surface area contributed by atoms with Gasteiger partial charge in [-0.25, -0.2) is 13.6 Å². The van der Waals surface area contributed by atoms with E-state index in [9.17, 15) is 13.6 Å². The van der Waals surface area contributed by atoms with E-state index in [1.54, 1.807) is 6.92 Å². The van der Waals surface area contributed by atoms with Crippen LogP contribution in [0, 0.1) is 6.92 Å². The molecule has 0 aliphatic rings. The lowest BCUT2D eigenvalue weighted by Gasteiger charge is -2.10. The van der Waals surface area contributed by atoms with Crippen molar-refractivity contribution < 1.29 is 22.8 Å². The van der Waals surface area contributed by atoms with Crippen molar-refractivity contribution in [2.45, 2.75) is 19.8 Å². The van der Waals surface area contributed by atoms with E-state index in [1.807, 2.05) is 0 Å². The molecule has 0 aliphatic heterocycles. The Morgan fingerprint density at radius 1 is 1.30 bits per heavy atom. The molecular weight excluding hydrogens is 268 g/mol. The standard InChI is InChI=1S/C14H13F2NO3/c1-8-11(13(18)19-3)12(20-17-8)9-4-6-10(7-5-9)14(2,15)16/h4-7H,1-3H3. The average molecular weight is 281 g/mol. The highest BCUT2D eigenvalue weighted by molar-refractivity contribution is 5.96. The third kappa shape index (κ3) is 2.54. The van der Waals surface area contributed by atoms with E-state index in [1.165, 1.54) is 31.4 Å². The Hall–Kier alpha value is -2.24. The number of alkyl halides is 2. The summed E-state index contributed by atoms with van der Waals surface area (Å²) in [5.41, 5.74) is 0.955. The van der Waals surface area contributed by atoms with Gasteiger partial charge in [-0.2, -0.15) is 0 Å². The molecule has 1 aromatic heterocycles. The number of nitrogens with zero attached hydrogens (tertiary/aromatic N) is 1. The van der Waals surface area contributed by atoms with Gasteiger partial charge in [0.2, 0.25) is 0 Å². The van der Waals surface area contributed by atoms with Crippen LogP contribution in [0.2, 0.25) is 0 Å². The van der Waals surface area contributed by atoms with E-state index in [4.69, 9.17) is 4.52 Å². The molecule has 0 radical (unpaired) electrons. The fourth-order valence-electron chi connectivity index (χ4n) is 1.82. The lowest BCUT2D eigenvalue weighted by molar-refractivity contribution is 0.0174. The Kier molecular flexibility index (Phi) is 3.57. The van der Waals surface area contributed by atoms with Crippen LogP contribution in [0.5, 0.6) is 0 Å². The van der Waals surface area contributed by atoms with Gasteiger partial charge in [-0.15, -0.1) is 0 Å². The van der Waals surface area contributed by atoms with Gasteiger partial charge in [-0.05, 0) is 6.92 Å². The highest BCUT2D eigenvalue weighted by atomic mass is 19.3. The van der Waals surface area contributed by atoms with E-state index < -0.39 is 11.9 Å². The lowest BCUT2D eigenvalue weighted by Crippen LogP contribution is -2.06. The second-order valence-electron chi connectivity index (χ2n) is 4.43. The molecule has 1 aromatic carbocycles. The van der Waals surface area contributed by atoms with Crippen LogP contribution in [0.15, 0.2) is 28.8 Å². The second kappa shape index (κ2) is 5.03. The van der Waals surface area contributed by atoms with Crippen LogP contribution in [0.4, 0.5) is 8.78 Å². The van der Waals surface area contributed by atoms with Crippen LogP contribution in [0.1, 0.15) is 28.5 Å². The quantitative estimate of drug-likeness (QED) is 0.807. The minimum absolute atomic E-state index is 0.114. The Labute approximate surface area is 114 Å². The number of ether oxygens (including phenoxy) is 1. The number of carbonyl (C=O) groups excluding carboxylic acids is 1. The molecule has 0 amide bonds. The van der Waals surface area contributed by atoms with Crippen molar-refractivity contribution in [3.63, 3.8) is 0 Å². The molecule has 0 atom stereocenters. The second-order valence-corrected chi connectivity index (χ2v) is 4.43. The molecule has 4 nitrogen and oxygen atoms in total. The van der Waals surface area contributed by atoms with Gasteiger partial charge >= 0.3 is 5.97 Å². The van der Waals surface area contributed by atoms with Crippen molar-refractivity contribution in [1.82, 2.24) is 5.16 Å². The number of aryl methyl sites for hydroxylation is 1. The average Bonchev–Trinajstić information content (AvgIpc) is 2.79. The lowest BCUT2D eigenvalue weighted by atomic mass is 10.0. The number of benzene rings is 1. The molecule has 106 valence electrons. The summed E-state index contributed by atoms with van der Waals surface area (Å²) >= 11 is 0. The Morgan fingerprint density at radius 2 is 1.90 bits per heavy atom. The van der Waals surface area contributed by atoms with Crippen LogP contribution >= 0.6 is 0 Å². The normalized spacial score (nSPS) is 11.4. The van der Waals surface area contributed by atoms with Gasteiger partial charge < -0.3 is 9.26 Å². The molecule has 0 saturated heterocycles. The van der Waals surface area contributed by atoms with Crippen LogP contribution in [0.25, 0.3) is 11.3 Å². The third-order valence-electron chi connectivity index (χ3n) is 2.91. The molecule has 0 bridgehead atoms. The summed E-state index contributed by atoms with van der Waals surface area (Å²) in [6.07, 6.45) is 0. The van der Waals surface area contributed by atoms with E-state index in [0.717, 1.165) is 6.92 Å². The third-order valence-corrected chi connectivity index (χ3v) is 2.91. The summed E-state index contributed by atoms with van der Waals surface area (Å²) in [6.45, 7) is 2.42. The number of hydrogen-bond donors (Lipinski definition) is 0. The number of esters is 1. The van der Waals surface area contributed by atoms with Gasteiger partial charge in [0.1, 0.15) is 5.56 Å². The predicted molar refractivity (Wildman–Crippen MR) is 67.6 cm³/mol. The summed E-state index contributed by atoms with van der Waals surface area (Å²) in [4.78, 5) is 11.7. The SMILES string of the molecule is COC(=O)c1c(C)noc1-c1ccc(C(C)(F)F)cc1. The van der Waals surface area contributed by atoms with Crippen LogP contribution in [-0.2, 0) is 10.7 Å². The molecule has 1 heterocycles. The molecule has 0 fully saturated rings. The zero-order valence-corrected chi connectivity index (χ0v) is 11.2. The maximum absolute atomic E-state index is 13.1. The van der Waals surface area contributed by atoms with E-state index in [0.29, 0.717) is 11.3 Å². The van der Waals surface area contributed by atoms with Gasteiger partial charge in [0.05, 0.1) is 12.8 Å². The first kappa shape index (κ1) is 14.2. The van der Waals surface area contributed by atoms with Crippen LogP contribution < -0.4 is 0 Å². The molecule has 0 aliphatic carbocycles. The number of carbonyl (C=O) groups is 1. The molecule has 0 saturated carbocycles. The fourth-order valence-corrected chi connectivity index (χ4v) is 1.82. The summed E-state index contributed by atoms with van der Waals surface area (Å²) in [6, 6.07) is 5.49. The van der Waals surface area contributed by atoms with Crippen molar-refractivity contribution in [3.05, 3.63) is 41.1 Å². The maximum atomic E-state index is 13.1. The van der Waals surface area contributed by atoms with E-state index in [-0.39, 0.29) is 16.9 Å². The monoisotopic (exact) mass is 281 g/mol. The van der Waals surface area contributed by atoms with Crippen LogP contribution in [-0.4, -0.2) is 18.2 Å². The highest BCUT2D eigenvalue weighted by Gasteiger charge is 2.26. The summed E-state index contributed by atoms with van der Waals surface area (Å²) in [5.74, 6) is -3.29. The summed E-state index contributed by atoms with van der Waals surface area (Å²) in [7, 11) is 1.25. The first-order valence-electron chi connectivity index (χ1n) is 5.88. The minimum atomic E-state index is -2.92. The van der Waals surface area contributed by atoms with Crippen LogP contribution in [0.3, 0.4) is 0 Å². The molecule has 6 heteroatoms. The van der Waals surface area contributed by atoms with Gasteiger partial charge in [0, 0.05) is 18.1 Å². The molecule has 0 N–H and O–H groups in total. The summed E-state index contributed by atoms with van der Waals surface area (Å²) < 4.78 is 36.0. The topological polar surface area (TPSA) is 52.3 Å². The molecule has 2 aromatic rings. The molecule has 0 unspecified atom stereocenters. The van der Waals surface area contributed by atoms with Crippen molar-refractivity contribution in [3.8, 4) is 11.3 Å². The molecule has 2 rings (SSSR count). The number of hydrogen-bond acceptors (Lipinski definition) is 4. The number of aromatic nitrogens is 1.